The fourth-order valence-electron chi connectivity index (χ4n) is 2.55. The van der Waals surface area contributed by atoms with Crippen molar-refractivity contribution in [2.45, 2.75) is 6.92 Å². The number of aromatic nitrogens is 1. The normalized spacial score (nSPS) is 13.7. The minimum absolute atomic E-state index is 0.127. The molecular weight excluding hydrogens is 268 g/mol. The second kappa shape index (κ2) is 4.70. The minimum atomic E-state index is -0.641. The first-order chi connectivity index (χ1) is 9.99. The van der Waals surface area contributed by atoms with Gasteiger partial charge in [0.05, 0.1) is 23.5 Å². The predicted octanol–water partition coefficient (Wildman–Crippen LogP) is 1.75. The number of Topliss-reactive ketones (excluding diaryl/α,β-unsaturated/α-hetero) is 2. The van der Waals surface area contributed by atoms with Gasteiger partial charge in [-0.1, -0.05) is 11.6 Å². The van der Waals surface area contributed by atoms with E-state index >= 15 is 0 Å². The lowest BCUT2D eigenvalue weighted by Gasteiger charge is -2.15. The van der Waals surface area contributed by atoms with E-state index in [-0.39, 0.29) is 12.3 Å². The molecule has 1 aliphatic rings. The standard InChI is InChI=1S/C16H14N2O3/c1-10-5-6-12-11(8-10)15(20)16(21)18(12)9-14(19)13-4-3-7-17(13)2/h3-8H,9H2,1-2H3. The van der Waals surface area contributed by atoms with Crippen molar-refractivity contribution in [2.75, 3.05) is 11.4 Å². The molecular formula is C16H14N2O3. The lowest BCUT2D eigenvalue weighted by Crippen LogP contribution is -2.35. The maximum Gasteiger partial charge on any atom is 0.299 e. The molecule has 2 aromatic rings. The van der Waals surface area contributed by atoms with E-state index in [0.717, 1.165) is 5.56 Å². The molecule has 1 aromatic carbocycles. The summed E-state index contributed by atoms with van der Waals surface area (Å²) in [5.41, 5.74) is 2.30. The van der Waals surface area contributed by atoms with Crippen molar-refractivity contribution in [1.29, 1.82) is 0 Å². The number of nitrogens with zero attached hydrogens (tertiary/aromatic N) is 2. The Morgan fingerprint density at radius 3 is 2.62 bits per heavy atom. The van der Waals surface area contributed by atoms with Crippen LogP contribution in [0.25, 0.3) is 0 Å². The largest absolute Gasteiger partial charge is 0.348 e. The zero-order valence-corrected chi connectivity index (χ0v) is 11.8. The summed E-state index contributed by atoms with van der Waals surface area (Å²) in [7, 11) is 1.77. The van der Waals surface area contributed by atoms with Crippen LogP contribution in [0, 0.1) is 6.92 Å². The summed E-state index contributed by atoms with van der Waals surface area (Å²) >= 11 is 0. The van der Waals surface area contributed by atoms with Gasteiger partial charge in [0.15, 0.2) is 5.78 Å². The van der Waals surface area contributed by atoms with E-state index in [1.54, 1.807) is 42.1 Å². The maximum absolute atomic E-state index is 12.3. The molecule has 0 saturated heterocycles. The zero-order chi connectivity index (χ0) is 15.1. The van der Waals surface area contributed by atoms with Gasteiger partial charge in [0.1, 0.15) is 0 Å². The average molecular weight is 282 g/mol. The third kappa shape index (κ3) is 2.07. The first-order valence-electron chi connectivity index (χ1n) is 6.60. The molecule has 21 heavy (non-hydrogen) atoms. The number of hydrogen-bond donors (Lipinski definition) is 0. The molecule has 0 bridgehead atoms. The molecule has 0 N–H and O–H groups in total. The van der Waals surface area contributed by atoms with E-state index in [2.05, 4.69) is 0 Å². The van der Waals surface area contributed by atoms with Gasteiger partial charge in [0.25, 0.3) is 11.7 Å². The van der Waals surface area contributed by atoms with Gasteiger partial charge in [-0.05, 0) is 31.2 Å². The van der Waals surface area contributed by atoms with Gasteiger partial charge in [0.2, 0.25) is 0 Å². The summed E-state index contributed by atoms with van der Waals surface area (Å²) < 4.78 is 1.70. The van der Waals surface area contributed by atoms with Crippen LogP contribution in [-0.4, -0.2) is 28.6 Å². The number of rotatable bonds is 3. The second-order valence-electron chi connectivity index (χ2n) is 5.17. The van der Waals surface area contributed by atoms with E-state index in [0.29, 0.717) is 16.9 Å². The Balaban J connectivity index is 1.94. The first kappa shape index (κ1) is 13.3. The smallest absolute Gasteiger partial charge is 0.299 e. The van der Waals surface area contributed by atoms with E-state index in [9.17, 15) is 14.4 Å². The van der Waals surface area contributed by atoms with Gasteiger partial charge < -0.3 is 4.57 Å². The number of hydrogen-bond acceptors (Lipinski definition) is 3. The number of amides is 1. The summed E-state index contributed by atoms with van der Waals surface area (Å²) in [4.78, 5) is 37.6. The van der Waals surface area contributed by atoms with Crippen LogP contribution in [0.15, 0.2) is 36.5 Å². The van der Waals surface area contributed by atoms with E-state index in [4.69, 9.17) is 0 Å². The summed E-state index contributed by atoms with van der Waals surface area (Å²) in [5.74, 6) is -1.39. The summed E-state index contributed by atoms with van der Waals surface area (Å²) in [6.07, 6.45) is 1.77. The van der Waals surface area contributed by atoms with Crippen molar-refractivity contribution in [3.8, 4) is 0 Å². The van der Waals surface area contributed by atoms with Gasteiger partial charge in [-0.15, -0.1) is 0 Å². The average Bonchev–Trinajstić information content (AvgIpc) is 2.97. The number of aryl methyl sites for hydroxylation is 2. The van der Waals surface area contributed by atoms with Gasteiger partial charge in [-0.2, -0.15) is 0 Å². The highest BCUT2D eigenvalue weighted by Crippen LogP contribution is 2.29. The fourth-order valence-corrected chi connectivity index (χ4v) is 2.55. The van der Waals surface area contributed by atoms with Crippen molar-refractivity contribution >= 4 is 23.2 Å². The van der Waals surface area contributed by atoms with Crippen LogP contribution in [0.1, 0.15) is 26.4 Å². The van der Waals surface area contributed by atoms with Crippen LogP contribution in [0.5, 0.6) is 0 Å². The molecule has 0 unspecified atom stereocenters. The molecule has 0 saturated carbocycles. The molecule has 5 nitrogen and oxygen atoms in total. The molecule has 1 aromatic heterocycles. The van der Waals surface area contributed by atoms with Gasteiger partial charge in [-0.25, -0.2) is 0 Å². The molecule has 0 fully saturated rings. The van der Waals surface area contributed by atoms with E-state index in [1.165, 1.54) is 4.90 Å². The minimum Gasteiger partial charge on any atom is -0.348 e. The molecule has 0 radical (unpaired) electrons. The maximum atomic E-state index is 12.3. The van der Waals surface area contributed by atoms with Crippen molar-refractivity contribution in [3.63, 3.8) is 0 Å². The Morgan fingerprint density at radius 2 is 1.95 bits per heavy atom. The van der Waals surface area contributed by atoms with E-state index in [1.807, 2.05) is 13.0 Å². The van der Waals surface area contributed by atoms with Crippen LogP contribution in [0.3, 0.4) is 0 Å². The number of anilines is 1. The summed E-state index contributed by atoms with van der Waals surface area (Å²) in [6.45, 7) is 1.73. The summed E-state index contributed by atoms with van der Waals surface area (Å²) in [6, 6.07) is 8.68. The van der Waals surface area contributed by atoms with Crippen LogP contribution in [0.4, 0.5) is 5.69 Å². The van der Waals surface area contributed by atoms with Crippen molar-refractivity contribution in [2.24, 2.45) is 7.05 Å². The second-order valence-corrected chi connectivity index (χ2v) is 5.17. The number of ketones is 2. The first-order valence-corrected chi connectivity index (χ1v) is 6.60. The highest BCUT2D eigenvalue weighted by molar-refractivity contribution is 6.52. The van der Waals surface area contributed by atoms with E-state index < -0.39 is 11.7 Å². The zero-order valence-electron chi connectivity index (χ0n) is 11.8. The lowest BCUT2D eigenvalue weighted by atomic mass is 10.1. The lowest BCUT2D eigenvalue weighted by molar-refractivity contribution is -0.114. The molecule has 5 heteroatoms. The Kier molecular flexibility index (Phi) is 2.97. The molecule has 3 rings (SSSR count). The Morgan fingerprint density at radius 1 is 1.19 bits per heavy atom. The molecule has 0 spiro atoms. The topological polar surface area (TPSA) is 59.4 Å². The number of fused-ring (bicyclic) bond motifs is 1. The molecule has 106 valence electrons. The predicted molar refractivity (Wildman–Crippen MR) is 77.6 cm³/mol. The van der Waals surface area contributed by atoms with Gasteiger partial charge >= 0.3 is 0 Å². The van der Waals surface area contributed by atoms with Crippen LogP contribution in [0.2, 0.25) is 0 Å². The monoisotopic (exact) mass is 282 g/mol. The Hall–Kier alpha value is -2.69. The molecule has 1 aliphatic heterocycles. The van der Waals surface area contributed by atoms with Gasteiger partial charge in [0, 0.05) is 13.2 Å². The Labute approximate surface area is 121 Å². The van der Waals surface area contributed by atoms with Crippen LogP contribution >= 0.6 is 0 Å². The van der Waals surface area contributed by atoms with Crippen LogP contribution < -0.4 is 4.90 Å². The number of benzene rings is 1. The third-order valence-electron chi connectivity index (χ3n) is 3.66. The highest BCUT2D eigenvalue weighted by Gasteiger charge is 2.37. The SMILES string of the molecule is Cc1ccc2c(c1)C(=O)C(=O)N2CC(=O)c1cccn1C. The molecule has 0 atom stereocenters. The molecule has 1 amide bonds. The number of carbonyl (C=O) groups excluding carboxylic acids is 3. The van der Waals surface area contributed by atoms with Crippen molar-refractivity contribution < 1.29 is 14.4 Å². The quantitative estimate of drug-likeness (QED) is 0.636. The molecule has 0 aliphatic carbocycles. The van der Waals surface area contributed by atoms with Crippen LogP contribution in [-0.2, 0) is 11.8 Å². The third-order valence-corrected chi connectivity index (χ3v) is 3.66. The Bertz CT molecular complexity index is 774. The highest BCUT2D eigenvalue weighted by atomic mass is 16.2. The molecule has 2 heterocycles. The van der Waals surface area contributed by atoms with Crippen molar-refractivity contribution in [1.82, 2.24) is 4.57 Å². The fraction of sp³-hybridized carbons (Fsp3) is 0.188. The van der Waals surface area contributed by atoms with Crippen molar-refractivity contribution in [3.05, 3.63) is 53.3 Å². The summed E-state index contributed by atoms with van der Waals surface area (Å²) in [5, 5.41) is 0. The number of carbonyl (C=O) groups is 3. The van der Waals surface area contributed by atoms with Gasteiger partial charge in [-0.3, -0.25) is 19.3 Å².